The third-order valence-electron chi connectivity index (χ3n) is 2.12. The Bertz CT molecular complexity index is 573. The van der Waals surface area contributed by atoms with E-state index >= 15 is 0 Å². The summed E-state index contributed by atoms with van der Waals surface area (Å²) < 4.78 is 18.5. The van der Waals surface area contributed by atoms with Gasteiger partial charge in [-0.1, -0.05) is 0 Å². The second-order valence-corrected chi connectivity index (χ2v) is 3.52. The highest BCUT2D eigenvalue weighted by Gasteiger charge is 2.03. The molecule has 2 aromatic rings. The van der Waals surface area contributed by atoms with Crippen molar-refractivity contribution in [3.8, 4) is 17.6 Å². The fourth-order valence-corrected chi connectivity index (χ4v) is 1.34. The van der Waals surface area contributed by atoms with Crippen LogP contribution >= 0.6 is 0 Å². The number of nitriles is 1. The SMILES string of the molecule is Cc1ccc(Oc2cc(F)cc(C#N)c2)cn1. The van der Waals surface area contributed by atoms with E-state index in [9.17, 15) is 4.39 Å². The predicted octanol–water partition coefficient (Wildman–Crippen LogP) is 3.19. The van der Waals surface area contributed by atoms with Crippen LogP contribution in [0.1, 0.15) is 11.3 Å². The van der Waals surface area contributed by atoms with Gasteiger partial charge in [0.15, 0.2) is 0 Å². The van der Waals surface area contributed by atoms with E-state index in [1.165, 1.54) is 12.1 Å². The Hall–Kier alpha value is -2.41. The maximum atomic E-state index is 13.1. The van der Waals surface area contributed by atoms with Gasteiger partial charge in [-0.05, 0) is 31.2 Å². The Kier molecular flexibility index (Phi) is 3.01. The molecule has 0 amide bonds. The number of rotatable bonds is 2. The van der Waals surface area contributed by atoms with Crippen LogP contribution in [0.5, 0.6) is 11.5 Å². The summed E-state index contributed by atoms with van der Waals surface area (Å²) in [6.45, 7) is 1.86. The average Bonchev–Trinajstić information content (AvgIpc) is 2.31. The van der Waals surface area contributed by atoms with E-state index in [1.54, 1.807) is 18.3 Å². The van der Waals surface area contributed by atoms with Crippen LogP contribution < -0.4 is 4.74 Å². The molecule has 1 aromatic carbocycles. The molecule has 0 N–H and O–H groups in total. The fourth-order valence-electron chi connectivity index (χ4n) is 1.34. The number of aromatic nitrogens is 1. The first-order valence-corrected chi connectivity index (χ1v) is 4.98. The number of nitrogens with zero attached hydrogens (tertiary/aromatic N) is 2. The van der Waals surface area contributed by atoms with Gasteiger partial charge in [0.25, 0.3) is 0 Å². The highest BCUT2D eigenvalue weighted by Crippen LogP contribution is 2.22. The van der Waals surface area contributed by atoms with E-state index in [2.05, 4.69) is 4.98 Å². The maximum absolute atomic E-state index is 13.1. The molecule has 1 aromatic heterocycles. The number of hydrogen-bond donors (Lipinski definition) is 0. The van der Waals surface area contributed by atoms with Crippen molar-refractivity contribution in [3.05, 3.63) is 53.6 Å². The maximum Gasteiger partial charge on any atom is 0.145 e. The number of hydrogen-bond acceptors (Lipinski definition) is 3. The van der Waals surface area contributed by atoms with Crippen LogP contribution in [-0.2, 0) is 0 Å². The number of halogens is 1. The first kappa shape index (κ1) is 11.1. The van der Waals surface area contributed by atoms with Crippen molar-refractivity contribution in [1.82, 2.24) is 4.98 Å². The first-order valence-electron chi connectivity index (χ1n) is 4.98. The molecule has 0 radical (unpaired) electrons. The lowest BCUT2D eigenvalue weighted by Crippen LogP contribution is -1.89. The zero-order valence-electron chi connectivity index (χ0n) is 9.14. The van der Waals surface area contributed by atoms with E-state index in [4.69, 9.17) is 10.00 Å². The Morgan fingerprint density at radius 2 is 2.06 bits per heavy atom. The zero-order valence-corrected chi connectivity index (χ0v) is 9.14. The van der Waals surface area contributed by atoms with Crippen LogP contribution in [0.4, 0.5) is 4.39 Å². The van der Waals surface area contributed by atoms with Crippen LogP contribution in [0.15, 0.2) is 36.5 Å². The molecular formula is C13H9FN2O. The molecular weight excluding hydrogens is 219 g/mol. The quantitative estimate of drug-likeness (QED) is 0.792. The van der Waals surface area contributed by atoms with Crippen molar-refractivity contribution in [3.63, 3.8) is 0 Å². The molecule has 0 atom stereocenters. The lowest BCUT2D eigenvalue weighted by atomic mass is 10.2. The van der Waals surface area contributed by atoms with Gasteiger partial charge in [-0.2, -0.15) is 5.26 Å². The van der Waals surface area contributed by atoms with Crippen molar-refractivity contribution >= 4 is 0 Å². The highest BCUT2D eigenvalue weighted by molar-refractivity contribution is 5.39. The molecule has 1 heterocycles. The number of pyridine rings is 1. The van der Waals surface area contributed by atoms with E-state index in [0.717, 1.165) is 11.8 Å². The van der Waals surface area contributed by atoms with Gasteiger partial charge in [-0.25, -0.2) is 4.39 Å². The van der Waals surface area contributed by atoms with Crippen LogP contribution in [0.2, 0.25) is 0 Å². The zero-order chi connectivity index (χ0) is 12.3. The van der Waals surface area contributed by atoms with Crippen molar-refractivity contribution in [2.24, 2.45) is 0 Å². The molecule has 4 heteroatoms. The second-order valence-electron chi connectivity index (χ2n) is 3.52. The summed E-state index contributed by atoms with van der Waals surface area (Å²) in [4.78, 5) is 4.06. The molecule has 0 saturated carbocycles. The molecule has 3 nitrogen and oxygen atoms in total. The highest BCUT2D eigenvalue weighted by atomic mass is 19.1. The average molecular weight is 228 g/mol. The molecule has 0 aliphatic carbocycles. The Balaban J connectivity index is 2.27. The van der Waals surface area contributed by atoms with Crippen LogP contribution in [0.3, 0.4) is 0 Å². The lowest BCUT2D eigenvalue weighted by Gasteiger charge is -2.05. The van der Waals surface area contributed by atoms with E-state index in [1.807, 2.05) is 13.0 Å². The summed E-state index contributed by atoms with van der Waals surface area (Å²) in [5.41, 5.74) is 1.09. The molecule has 0 unspecified atom stereocenters. The standard InChI is InChI=1S/C13H9FN2O/c1-9-2-3-12(8-16-9)17-13-5-10(7-15)4-11(14)6-13/h2-6,8H,1H3. The van der Waals surface area contributed by atoms with E-state index < -0.39 is 5.82 Å². The summed E-state index contributed by atoms with van der Waals surface area (Å²) in [5.74, 6) is 0.288. The van der Waals surface area contributed by atoms with Gasteiger partial charge < -0.3 is 4.74 Å². The van der Waals surface area contributed by atoms with Gasteiger partial charge >= 0.3 is 0 Å². The predicted molar refractivity (Wildman–Crippen MR) is 60.2 cm³/mol. The van der Waals surface area contributed by atoms with E-state index in [-0.39, 0.29) is 11.3 Å². The molecule has 0 bridgehead atoms. The second kappa shape index (κ2) is 4.62. The Morgan fingerprint density at radius 1 is 1.24 bits per heavy atom. The summed E-state index contributed by atoms with van der Waals surface area (Å²) in [7, 11) is 0. The van der Waals surface area contributed by atoms with Crippen molar-refractivity contribution in [2.75, 3.05) is 0 Å². The first-order chi connectivity index (χ1) is 8.17. The minimum Gasteiger partial charge on any atom is -0.456 e. The summed E-state index contributed by atoms with van der Waals surface area (Å²) in [6, 6.07) is 9.25. The van der Waals surface area contributed by atoms with Gasteiger partial charge in [-0.3, -0.25) is 4.98 Å². The molecule has 0 spiro atoms. The minimum absolute atomic E-state index is 0.222. The Labute approximate surface area is 98.1 Å². The van der Waals surface area contributed by atoms with Crippen molar-refractivity contribution in [2.45, 2.75) is 6.92 Å². The minimum atomic E-state index is -0.501. The number of benzene rings is 1. The topological polar surface area (TPSA) is 45.9 Å². The summed E-state index contributed by atoms with van der Waals surface area (Å²) in [6.07, 6.45) is 1.55. The van der Waals surface area contributed by atoms with Crippen LogP contribution in [-0.4, -0.2) is 4.98 Å². The van der Waals surface area contributed by atoms with Crippen molar-refractivity contribution < 1.29 is 9.13 Å². The molecule has 17 heavy (non-hydrogen) atoms. The van der Waals surface area contributed by atoms with Gasteiger partial charge in [0.1, 0.15) is 17.3 Å². The normalized spacial score (nSPS) is 9.71. The lowest BCUT2D eigenvalue weighted by molar-refractivity contribution is 0.474. The molecule has 84 valence electrons. The summed E-state index contributed by atoms with van der Waals surface area (Å²) in [5, 5.41) is 8.70. The monoisotopic (exact) mass is 228 g/mol. The van der Waals surface area contributed by atoms with Gasteiger partial charge in [-0.15, -0.1) is 0 Å². The molecule has 0 fully saturated rings. The molecule has 2 rings (SSSR count). The fraction of sp³-hybridized carbons (Fsp3) is 0.0769. The van der Waals surface area contributed by atoms with Gasteiger partial charge in [0.2, 0.25) is 0 Å². The van der Waals surface area contributed by atoms with E-state index in [0.29, 0.717) is 5.75 Å². The van der Waals surface area contributed by atoms with Crippen LogP contribution in [0, 0.1) is 24.1 Å². The number of ether oxygens (including phenoxy) is 1. The smallest absolute Gasteiger partial charge is 0.145 e. The largest absolute Gasteiger partial charge is 0.456 e. The molecule has 0 aliphatic rings. The molecule has 0 aliphatic heterocycles. The van der Waals surface area contributed by atoms with Gasteiger partial charge in [0, 0.05) is 11.8 Å². The van der Waals surface area contributed by atoms with Crippen molar-refractivity contribution in [1.29, 1.82) is 5.26 Å². The Morgan fingerprint density at radius 3 is 2.71 bits per heavy atom. The molecule has 0 saturated heterocycles. The van der Waals surface area contributed by atoms with Crippen LogP contribution in [0.25, 0.3) is 0 Å². The van der Waals surface area contributed by atoms with Gasteiger partial charge in [0.05, 0.1) is 17.8 Å². The third kappa shape index (κ3) is 2.79. The number of aryl methyl sites for hydroxylation is 1. The summed E-state index contributed by atoms with van der Waals surface area (Å²) >= 11 is 0. The third-order valence-corrected chi connectivity index (χ3v) is 2.12.